The molecule has 0 saturated carbocycles. The molecule has 0 aromatic rings. The number of rotatable bonds is 56. The first kappa shape index (κ1) is 69.6. The molecule has 6 heteroatoms. The quantitative estimate of drug-likeness (QED) is 0.0261. The lowest BCUT2D eigenvalue weighted by Gasteiger charge is -2.18. The van der Waals surface area contributed by atoms with Crippen LogP contribution in [0.4, 0.5) is 0 Å². The first-order valence-corrected chi connectivity index (χ1v) is 31.1. The molecule has 0 aliphatic carbocycles. The Hall–Kier alpha value is -3.41. The van der Waals surface area contributed by atoms with Crippen LogP contribution >= 0.6 is 0 Å². The molecule has 0 aliphatic heterocycles. The van der Waals surface area contributed by atoms with Crippen LogP contribution in [0.25, 0.3) is 0 Å². The zero-order valence-corrected chi connectivity index (χ0v) is 48.1. The summed E-state index contributed by atoms with van der Waals surface area (Å²) in [6.45, 7) is 6.43. The molecule has 0 aliphatic rings. The molecule has 1 atom stereocenters. The third kappa shape index (κ3) is 59.3. The van der Waals surface area contributed by atoms with Gasteiger partial charge in [0.1, 0.15) is 13.2 Å². The van der Waals surface area contributed by atoms with Crippen LogP contribution in [0.2, 0.25) is 0 Å². The fourth-order valence-corrected chi connectivity index (χ4v) is 8.74. The van der Waals surface area contributed by atoms with Gasteiger partial charge >= 0.3 is 17.9 Å². The minimum absolute atomic E-state index is 0.0791. The van der Waals surface area contributed by atoms with Crippen molar-refractivity contribution < 1.29 is 28.6 Å². The fourth-order valence-electron chi connectivity index (χ4n) is 8.74. The normalized spacial score (nSPS) is 12.6. The molecule has 0 amide bonds. The molecule has 0 spiro atoms. The number of carbonyl (C=O) groups excluding carboxylic acids is 3. The Bertz CT molecular complexity index is 1400. The van der Waals surface area contributed by atoms with Crippen LogP contribution in [-0.2, 0) is 28.6 Å². The van der Waals surface area contributed by atoms with Crippen LogP contribution in [0.3, 0.4) is 0 Å². The molecule has 0 heterocycles. The third-order valence-electron chi connectivity index (χ3n) is 13.4. The van der Waals surface area contributed by atoms with E-state index < -0.39 is 6.10 Å². The fraction of sp³-hybridized carbons (Fsp3) is 0.746. The summed E-state index contributed by atoms with van der Waals surface area (Å²) in [6, 6.07) is 0. The minimum atomic E-state index is -0.778. The van der Waals surface area contributed by atoms with Crippen molar-refractivity contribution in [3.63, 3.8) is 0 Å². The summed E-state index contributed by atoms with van der Waals surface area (Å²) < 4.78 is 16.7. The van der Waals surface area contributed by atoms with Gasteiger partial charge in [-0.1, -0.05) is 273 Å². The summed E-state index contributed by atoms with van der Waals surface area (Å²) in [5.74, 6) is -0.896. The highest BCUT2D eigenvalue weighted by atomic mass is 16.6. The molecular weight excluding hydrogens is 901 g/mol. The monoisotopic (exact) mass is 1020 g/mol. The smallest absolute Gasteiger partial charge is 0.306 e. The standard InChI is InChI=1S/C67H116O6/c1-4-7-10-13-15-17-19-21-23-25-27-28-29-30-31-32-33-34-35-36-37-38-40-41-43-45-47-49-51-54-57-60-66(69)72-63-64(62-71-65(68)59-56-53-12-9-6-3)73-67(70)61-58-55-52-50-48-46-44-42-39-26-24-22-20-18-16-14-11-8-5-2/h7,10,15-18,21-24,27-28,39,42,64H,4-6,8-9,11-14,19-20,25-26,29-38,40-41,43-63H2,1-3H3/b10-7-,17-15-,18-16-,23-21-,24-22-,28-27-,42-39-. The summed E-state index contributed by atoms with van der Waals surface area (Å²) in [7, 11) is 0. The van der Waals surface area contributed by atoms with Crippen molar-refractivity contribution >= 4 is 17.9 Å². The lowest BCUT2D eigenvalue weighted by atomic mass is 10.0. The third-order valence-corrected chi connectivity index (χ3v) is 13.4. The van der Waals surface area contributed by atoms with E-state index in [1.165, 1.54) is 148 Å². The van der Waals surface area contributed by atoms with E-state index in [2.05, 4.69) is 106 Å². The lowest BCUT2D eigenvalue weighted by Crippen LogP contribution is -2.30. The molecule has 1 unspecified atom stereocenters. The van der Waals surface area contributed by atoms with Gasteiger partial charge in [-0.3, -0.25) is 14.4 Å². The molecule has 0 saturated heterocycles. The van der Waals surface area contributed by atoms with Crippen LogP contribution < -0.4 is 0 Å². The van der Waals surface area contributed by atoms with Gasteiger partial charge in [0.05, 0.1) is 0 Å². The van der Waals surface area contributed by atoms with Gasteiger partial charge in [0.2, 0.25) is 0 Å². The van der Waals surface area contributed by atoms with E-state index in [0.29, 0.717) is 19.3 Å². The Balaban J connectivity index is 3.99. The number of ether oxygens (including phenoxy) is 3. The summed E-state index contributed by atoms with van der Waals surface area (Å²) in [5, 5.41) is 0. The van der Waals surface area contributed by atoms with Gasteiger partial charge in [-0.05, 0) is 96.3 Å². The van der Waals surface area contributed by atoms with Gasteiger partial charge in [-0.15, -0.1) is 0 Å². The first-order chi connectivity index (χ1) is 36.0. The second kappa shape index (κ2) is 61.1. The molecule has 0 fully saturated rings. The molecule has 420 valence electrons. The Morgan fingerprint density at radius 1 is 0.288 bits per heavy atom. The van der Waals surface area contributed by atoms with Crippen LogP contribution in [0.1, 0.15) is 303 Å². The maximum absolute atomic E-state index is 12.8. The number of esters is 3. The molecule has 0 bridgehead atoms. The van der Waals surface area contributed by atoms with Crippen molar-refractivity contribution in [2.45, 2.75) is 309 Å². The molecular formula is C67H116O6. The van der Waals surface area contributed by atoms with Crippen molar-refractivity contribution in [1.82, 2.24) is 0 Å². The molecule has 0 radical (unpaired) electrons. The van der Waals surface area contributed by atoms with E-state index in [-0.39, 0.29) is 31.1 Å². The van der Waals surface area contributed by atoms with E-state index in [1.54, 1.807) is 0 Å². The lowest BCUT2D eigenvalue weighted by molar-refractivity contribution is -0.167. The zero-order valence-electron chi connectivity index (χ0n) is 48.1. The summed E-state index contributed by atoms with van der Waals surface area (Å²) in [5.41, 5.74) is 0. The maximum Gasteiger partial charge on any atom is 0.306 e. The number of hydrogen-bond donors (Lipinski definition) is 0. The second-order valence-corrected chi connectivity index (χ2v) is 20.6. The number of allylic oxidation sites excluding steroid dienone is 14. The van der Waals surface area contributed by atoms with E-state index >= 15 is 0 Å². The Kier molecular flexibility index (Phi) is 58.3. The average Bonchev–Trinajstić information content (AvgIpc) is 3.39. The van der Waals surface area contributed by atoms with Crippen molar-refractivity contribution in [3.05, 3.63) is 85.1 Å². The van der Waals surface area contributed by atoms with E-state index in [9.17, 15) is 14.4 Å². The largest absolute Gasteiger partial charge is 0.462 e. The molecule has 0 aromatic heterocycles. The Morgan fingerprint density at radius 3 is 0.863 bits per heavy atom. The second-order valence-electron chi connectivity index (χ2n) is 20.6. The first-order valence-electron chi connectivity index (χ1n) is 31.1. The van der Waals surface area contributed by atoms with E-state index in [0.717, 1.165) is 116 Å². The summed E-state index contributed by atoms with van der Waals surface area (Å²) >= 11 is 0. The molecule has 73 heavy (non-hydrogen) atoms. The Labute approximate surface area is 452 Å². The summed E-state index contributed by atoms with van der Waals surface area (Å²) in [4.78, 5) is 37.9. The molecule has 6 nitrogen and oxygen atoms in total. The maximum atomic E-state index is 12.8. The predicted octanol–water partition coefficient (Wildman–Crippen LogP) is 21.1. The van der Waals surface area contributed by atoms with Gasteiger partial charge in [0.15, 0.2) is 6.10 Å². The predicted molar refractivity (Wildman–Crippen MR) is 316 cm³/mol. The van der Waals surface area contributed by atoms with Crippen LogP contribution in [0.15, 0.2) is 85.1 Å². The van der Waals surface area contributed by atoms with Crippen LogP contribution in [0, 0.1) is 0 Å². The highest BCUT2D eigenvalue weighted by molar-refractivity contribution is 5.71. The summed E-state index contributed by atoms with van der Waals surface area (Å²) in [6.07, 6.45) is 80.7. The van der Waals surface area contributed by atoms with Gasteiger partial charge < -0.3 is 14.2 Å². The van der Waals surface area contributed by atoms with E-state index in [1.807, 2.05) is 0 Å². The zero-order chi connectivity index (χ0) is 52.9. The van der Waals surface area contributed by atoms with Crippen molar-refractivity contribution in [2.75, 3.05) is 13.2 Å². The SMILES string of the molecule is CC/C=C\C/C=C\C/C=C\C/C=C\CCCCCCCCCCCCCCCCCCCCC(=O)OCC(COC(=O)CCCCCCC)OC(=O)CCCCCCCC/C=C\C/C=C\C/C=C\CCCCC. The number of hydrogen-bond acceptors (Lipinski definition) is 6. The van der Waals surface area contributed by atoms with Gasteiger partial charge in [0.25, 0.3) is 0 Å². The Morgan fingerprint density at radius 2 is 0.534 bits per heavy atom. The van der Waals surface area contributed by atoms with E-state index in [4.69, 9.17) is 14.2 Å². The molecule has 0 N–H and O–H groups in total. The average molecular weight is 1020 g/mol. The topological polar surface area (TPSA) is 78.9 Å². The highest BCUT2D eigenvalue weighted by Gasteiger charge is 2.19. The minimum Gasteiger partial charge on any atom is -0.462 e. The molecule has 0 rings (SSSR count). The van der Waals surface area contributed by atoms with Crippen LogP contribution in [-0.4, -0.2) is 37.2 Å². The van der Waals surface area contributed by atoms with Gasteiger partial charge in [-0.2, -0.15) is 0 Å². The highest BCUT2D eigenvalue weighted by Crippen LogP contribution is 2.16. The van der Waals surface area contributed by atoms with Crippen molar-refractivity contribution in [2.24, 2.45) is 0 Å². The van der Waals surface area contributed by atoms with Crippen LogP contribution in [0.5, 0.6) is 0 Å². The number of carbonyl (C=O) groups is 3. The van der Waals surface area contributed by atoms with Crippen molar-refractivity contribution in [1.29, 1.82) is 0 Å². The molecule has 0 aromatic carbocycles. The van der Waals surface area contributed by atoms with Gasteiger partial charge in [0, 0.05) is 19.3 Å². The number of unbranched alkanes of at least 4 members (excludes halogenated alkanes) is 31. The van der Waals surface area contributed by atoms with Crippen molar-refractivity contribution in [3.8, 4) is 0 Å². The van der Waals surface area contributed by atoms with Gasteiger partial charge in [-0.25, -0.2) is 0 Å².